The highest BCUT2D eigenvalue weighted by atomic mass is 19.4. The average Bonchev–Trinajstić information content (AvgIpc) is 3.40. The number of hydrogen-bond donors (Lipinski definition) is 1. The Hall–Kier alpha value is -3.21. The minimum absolute atomic E-state index is 0.0206. The van der Waals surface area contributed by atoms with Crippen LogP contribution in [0.1, 0.15) is 61.7 Å². The van der Waals surface area contributed by atoms with Crippen LogP contribution in [-0.4, -0.2) is 71.1 Å². The fourth-order valence-corrected chi connectivity index (χ4v) is 6.12. The maximum atomic E-state index is 14.9. The van der Waals surface area contributed by atoms with Crippen molar-refractivity contribution in [2.45, 2.75) is 69.6 Å². The lowest BCUT2D eigenvalue weighted by atomic mass is 9.67. The molecule has 7 nitrogen and oxygen atoms in total. The number of halogens is 4. The summed E-state index contributed by atoms with van der Waals surface area (Å²) in [5.74, 6) is -1.42. The first-order valence-corrected chi connectivity index (χ1v) is 13.9. The van der Waals surface area contributed by atoms with Gasteiger partial charge in [-0.1, -0.05) is 18.9 Å². The number of carbonyl (C=O) groups is 2. The van der Waals surface area contributed by atoms with Gasteiger partial charge < -0.3 is 15.4 Å². The lowest BCUT2D eigenvalue weighted by molar-refractivity contribution is -0.258. The Labute approximate surface area is 230 Å². The van der Waals surface area contributed by atoms with Crippen LogP contribution in [-0.2, 0) is 4.79 Å². The van der Waals surface area contributed by atoms with Crippen LogP contribution in [0.2, 0.25) is 0 Å². The summed E-state index contributed by atoms with van der Waals surface area (Å²) in [6.45, 7) is 1.27. The van der Waals surface area contributed by atoms with Crippen molar-refractivity contribution >= 4 is 11.8 Å². The minimum atomic E-state index is -4.20. The number of carbonyl (C=O) groups excluding carboxylic acids is 2. The van der Waals surface area contributed by atoms with Gasteiger partial charge in [-0.2, -0.15) is 13.2 Å². The molecule has 2 amide bonds. The van der Waals surface area contributed by atoms with E-state index in [0.29, 0.717) is 49.4 Å². The van der Waals surface area contributed by atoms with Gasteiger partial charge in [-0.15, -0.1) is 0 Å². The maximum absolute atomic E-state index is 14.9. The van der Waals surface area contributed by atoms with Crippen molar-refractivity contribution in [1.29, 1.82) is 0 Å². The van der Waals surface area contributed by atoms with E-state index in [-0.39, 0.29) is 37.6 Å². The van der Waals surface area contributed by atoms with Gasteiger partial charge in [-0.05, 0) is 69.3 Å². The molecule has 0 radical (unpaired) electrons. The predicted molar refractivity (Wildman–Crippen MR) is 140 cm³/mol. The third-order valence-electron chi connectivity index (χ3n) is 8.68. The minimum Gasteiger partial charge on any atom is -0.490 e. The molecule has 0 bridgehead atoms. The molecule has 2 saturated heterocycles. The molecule has 216 valence electrons. The van der Waals surface area contributed by atoms with Gasteiger partial charge in [0.25, 0.3) is 5.91 Å². The van der Waals surface area contributed by atoms with E-state index in [1.54, 1.807) is 18.2 Å². The van der Waals surface area contributed by atoms with Crippen molar-refractivity contribution in [3.8, 4) is 17.0 Å². The third kappa shape index (κ3) is 5.66. The third-order valence-corrected chi connectivity index (χ3v) is 8.68. The molecular weight excluding hydrogens is 528 g/mol. The molecule has 0 spiro atoms. The Balaban J connectivity index is 1.21. The van der Waals surface area contributed by atoms with Crippen LogP contribution in [0.4, 0.5) is 17.6 Å². The quantitative estimate of drug-likeness (QED) is 0.461. The molecule has 1 aliphatic carbocycles. The molecule has 2 aromatic rings. The zero-order chi connectivity index (χ0) is 28.5. The Morgan fingerprint density at radius 2 is 1.85 bits per heavy atom. The second-order valence-electron chi connectivity index (χ2n) is 11.2. The van der Waals surface area contributed by atoms with Crippen LogP contribution >= 0.6 is 0 Å². The van der Waals surface area contributed by atoms with Crippen LogP contribution in [0, 0.1) is 11.2 Å². The fourth-order valence-electron chi connectivity index (χ4n) is 6.12. The van der Waals surface area contributed by atoms with Crippen LogP contribution in [0.5, 0.6) is 5.75 Å². The number of nitrogens with zero attached hydrogens (tertiary/aromatic N) is 3. The van der Waals surface area contributed by atoms with Gasteiger partial charge in [-0.3, -0.25) is 19.5 Å². The van der Waals surface area contributed by atoms with E-state index < -0.39 is 35.3 Å². The number of nitrogens with two attached hydrogens (primary N) is 1. The molecule has 11 heteroatoms. The highest BCUT2D eigenvalue weighted by Gasteiger charge is 2.59. The number of amides is 2. The van der Waals surface area contributed by atoms with Gasteiger partial charge in [-0.25, -0.2) is 4.39 Å². The predicted octanol–water partition coefficient (Wildman–Crippen LogP) is 4.94. The van der Waals surface area contributed by atoms with Gasteiger partial charge in [0, 0.05) is 24.7 Å². The Bertz CT molecular complexity index is 1230. The number of alkyl halides is 3. The molecule has 2 N–H and O–H groups in total. The fraction of sp³-hybridized carbons (Fsp3) is 0.552. The number of ether oxygens (including phenoxy) is 1. The number of rotatable bonds is 8. The van der Waals surface area contributed by atoms with Crippen molar-refractivity contribution in [3.05, 3.63) is 47.9 Å². The molecule has 1 unspecified atom stereocenters. The van der Waals surface area contributed by atoms with Crippen molar-refractivity contribution in [1.82, 2.24) is 14.8 Å². The highest BCUT2D eigenvalue weighted by Crippen LogP contribution is 2.53. The first-order chi connectivity index (χ1) is 19.1. The largest absolute Gasteiger partial charge is 0.490 e. The van der Waals surface area contributed by atoms with Crippen molar-refractivity contribution < 1.29 is 31.9 Å². The van der Waals surface area contributed by atoms with E-state index in [1.165, 1.54) is 23.2 Å². The van der Waals surface area contributed by atoms with E-state index in [9.17, 15) is 27.2 Å². The highest BCUT2D eigenvalue weighted by molar-refractivity contribution is 5.98. The first-order valence-electron chi connectivity index (χ1n) is 13.9. The summed E-state index contributed by atoms with van der Waals surface area (Å²) in [7, 11) is 0. The van der Waals surface area contributed by atoms with Crippen LogP contribution in [0.15, 0.2) is 36.5 Å². The summed E-state index contributed by atoms with van der Waals surface area (Å²) in [6, 6.07) is 6.72. The van der Waals surface area contributed by atoms with Crippen LogP contribution in [0.25, 0.3) is 11.3 Å². The van der Waals surface area contributed by atoms with Gasteiger partial charge in [0.15, 0.2) is 0 Å². The number of pyridine rings is 1. The van der Waals surface area contributed by atoms with Crippen LogP contribution in [0.3, 0.4) is 0 Å². The summed E-state index contributed by atoms with van der Waals surface area (Å²) in [5, 5.41) is 0. The molecule has 40 heavy (non-hydrogen) atoms. The Kier molecular flexibility index (Phi) is 8.03. The monoisotopic (exact) mass is 562 g/mol. The standard InChI is InChI=1S/C29H34F4N4O3/c30-23-15-19(7-9-22(23)27(39)37-14-3-6-25(37)26(34)38)24-10-8-21(16-35-24)40-17-20-5-1-2-13-36(20)18-28(11-4-12-28)29(31,32)33/h7-10,15-16,20,25H,1-6,11-14,17-18H2,(H2,34,38)/t20?,25-/m0/s1. The van der Waals surface area contributed by atoms with Crippen molar-refractivity contribution in [3.63, 3.8) is 0 Å². The normalized spacial score (nSPS) is 23.1. The number of piperidine rings is 1. The number of benzene rings is 1. The summed E-state index contributed by atoms with van der Waals surface area (Å²) in [6.07, 6.45) is 2.00. The van der Waals surface area contributed by atoms with Crippen molar-refractivity contribution in [2.75, 3.05) is 26.2 Å². The van der Waals surface area contributed by atoms with Gasteiger partial charge in [0.05, 0.1) is 22.9 Å². The molecular formula is C29H34F4N4O3. The zero-order valence-corrected chi connectivity index (χ0v) is 22.3. The molecule has 3 heterocycles. The number of likely N-dealkylation sites (tertiary alicyclic amines) is 2. The molecule has 3 fully saturated rings. The summed E-state index contributed by atoms with van der Waals surface area (Å²) < 4.78 is 62.1. The molecule has 3 aliphatic rings. The van der Waals surface area contributed by atoms with E-state index in [2.05, 4.69) is 4.98 Å². The topological polar surface area (TPSA) is 88.8 Å². The van der Waals surface area contributed by atoms with E-state index in [0.717, 1.165) is 19.3 Å². The second kappa shape index (κ2) is 11.3. The lowest BCUT2D eigenvalue weighted by Crippen LogP contribution is -2.56. The summed E-state index contributed by atoms with van der Waals surface area (Å²) in [4.78, 5) is 32.1. The maximum Gasteiger partial charge on any atom is 0.395 e. The molecule has 5 rings (SSSR count). The molecule has 1 saturated carbocycles. The first kappa shape index (κ1) is 28.3. The Morgan fingerprint density at radius 3 is 2.48 bits per heavy atom. The average molecular weight is 563 g/mol. The molecule has 1 aromatic carbocycles. The van der Waals surface area contributed by atoms with Gasteiger partial charge in [0.2, 0.25) is 5.91 Å². The zero-order valence-electron chi connectivity index (χ0n) is 22.3. The Morgan fingerprint density at radius 1 is 1.05 bits per heavy atom. The second-order valence-corrected chi connectivity index (χ2v) is 11.2. The molecule has 2 aliphatic heterocycles. The van der Waals surface area contributed by atoms with Gasteiger partial charge in [0.1, 0.15) is 24.2 Å². The number of primary amides is 1. The van der Waals surface area contributed by atoms with E-state index >= 15 is 0 Å². The van der Waals surface area contributed by atoms with E-state index in [1.807, 2.05) is 4.90 Å². The number of hydrogen-bond acceptors (Lipinski definition) is 5. The van der Waals surface area contributed by atoms with Crippen LogP contribution < -0.4 is 10.5 Å². The summed E-state index contributed by atoms with van der Waals surface area (Å²) >= 11 is 0. The van der Waals surface area contributed by atoms with Crippen molar-refractivity contribution in [2.24, 2.45) is 11.1 Å². The number of aromatic nitrogens is 1. The summed E-state index contributed by atoms with van der Waals surface area (Å²) in [5.41, 5.74) is 4.58. The SMILES string of the molecule is NC(=O)[C@@H]1CCCN1C(=O)c1ccc(-c2ccc(OCC3CCCCN3CC3(C(F)(F)F)CCC3)cn2)cc1F. The van der Waals surface area contributed by atoms with E-state index in [4.69, 9.17) is 10.5 Å². The van der Waals surface area contributed by atoms with Gasteiger partial charge >= 0.3 is 6.18 Å². The lowest BCUT2D eigenvalue weighted by Gasteiger charge is -2.48. The molecule has 2 atom stereocenters. The molecule has 1 aromatic heterocycles. The smallest absolute Gasteiger partial charge is 0.395 e.